The molecule has 6 heteroatoms. The topological polar surface area (TPSA) is 79.5 Å². The molecule has 1 unspecified atom stereocenters. The molecule has 0 bridgehead atoms. The Morgan fingerprint density at radius 2 is 1.67 bits per heavy atom. The lowest BCUT2D eigenvalue weighted by atomic mass is 9.84. The summed E-state index contributed by atoms with van der Waals surface area (Å²) in [5.74, 6) is 0.859. The van der Waals surface area contributed by atoms with Gasteiger partial charge in [-0.15, -0.1) is 0 Å². The van der Waals surface area contributed by atoms with Crippen LogP contribution in [0.15, 0.2) is 53.1 Å². The number of carbonyl (C=O) groups is 1. The second kappa shape index (κ2) is 9.87. The Labute approximate surface area is 194 Å². The summed E-state index contributed by atoms with van der Waals surface area (Å²) in [7, 11) is 0. The highest BCUT2D eigenvalue weighted by molar-refractivity contribution is 5.70. The van der Waals surface area contributed by atoms with Gasteiger partial charge in [0.1, 0.15) is 0 Å². The molecule has 0 radical (unpaired) electrons. The van der Waals surface area contributed by atoms with Crippen LogP contribution in [0.1, 0.15) is 62.0 Å². The van der Waals surface area contributed by atoms with Gasteiger partial charge in [0.15, 0.2) is 0 Å². The van der Waals surface area contributed by atoms with Crippen LogP contribution in [0.25, 0.3) is 22.8 Å². The Morgan fingerprint density at radius 3 is 2.39 bits per heavy atom. The molecule has 2 heterocycles. The normalized spacial score (nSPS) is 20.1. The van der Waals surface area contributed by atoms with Gasteiger partial charge in [0.05, 0.1) is 5.92 Å². The number of nitrogens with zero attached hydrogens (tertiary/aromatic N) is 3. The van der Waals surface area contributed by atoms with Gasteiger partial charge in [-0.25, -0.2) is 0 Å². The van der Waals surface area contributed by atoms with Crippen LogP contribution in [0, 0.1) is 5.92 Å². The fourth-order valence-corrected chi connectivity index (χ4v) is 5.21. The minimum Gasteiger partial charge on any atom is -0.481 e. The minimum atomic E-state index is -0.688. The van der Waals surface area contributed by atoms with Crippen LogP contribution in [0.4, 0.5) is 0 Å². The van der Waals surface area contributed by atoms with Crippen LogP contribution in [0.5, 0.6) is 0 Å². The molecular weight excluding hydrogens is 414 g/mol. The smallest absolute Gasteiger partial charge is 0.307 e. The number of piperidine rings is 1. The van der Waals surface area contributed by atoms with Crippen molar-refractivity contribution in [3.05, 3.63) is 59.7 Å². The van der Waals surface area contributed by atoms with Gasteiger partial charge in [-0.3, -0.25) is 9.69 Å². The summed E-state index contributed by atoms with van der Waals surface area (Å²) < 4.78 is 5.55. The van der Waals surface area contributed by atoms with Crippen LogP contribution >= 0.6 is 0 Å². The SMILES string of the molecule is O=C(O)C1CCCN(Cc2ccc(-c3noc(-c4ccc(C5CCCCC5)cc4)n3)cc2)C1. The first-order valence-corrected chi connectivity index (χ1v) is 12.1. The zero-order chi connectivity index (χ0) is 22.6. The second-order valence-corrected chi connectivity index (χ2v) is 9.49. The second-order valence-electron chi connectivity index (χ2n) is 9.49. The molecule has 6 nitrogen and oxygen atoms in total. The number of benzene rings is 2. The molecule has 2 aliphatic rings. The Morgan fingerprint density at radius 1 is 0.939 bits per heavy atom. The molecule has 1 N–H and O–H groups in total. The van der Waals surface area contributed by atoms with Gasteiger partial charge >= 0.3 is 5.97 Å². The first-order valence-electron chi connectivity index (χ1n) is 12.1. The largest absolute Gasteiger partial charge is 0.481 e. The predicted octanol–water partition coefficient (Wildman–Crippen LogP) is 5.75. The fraction of sp³-hybridized carbons (Fsp3) is 0.444. The predicted molar refractivity (Wildman–Crippen MR) is 127 cm³/mol. The van der Waals surface area contributed by atoms with E-state index in [-0.39, 0.29) is 5.92 Å². The molecule has 2 fully saturated rings. The number of aliphatic carboxylic acids is 1. The number of aromatic nitrogens is 2. The van der Waals surface area contributed by atoms with E-state index in [9.17, 15) is 9.90 Å². The van der Waals surface area contributed by atoms with Gasteiger partial charge in [-0.1, -0.05) is 60.8 Å². The van der Waals surface area contributed by atoms with Gasteiger partial charge in [0, 0.05) is 24.2 Å². The maximum Gasteiger partial charge on any atom is 0.307 e. The van der Waals surface area contributed by atoms with Gasteiger partial charge in [-0.05, 0) is 61.4 Å². The lowest BCUT2D eigenvalue weighted by Gasteiger charge is -2.30. The van der Waals surface area contributed by atoms with E-state index in [2.05, 4.69) is 51.4 Å². The van der Waals surface area contributed by atoms with E-state index in [1.165, 1.54) is 37.7 Å². The van der Waals surface area contributed by atoms with Crippen LogP contribution < -0.4 is 0 Å². The maximum atomic E-state index is 11.3. The van der Waals surface area contributed by atoms with Crippen molar-refractivity contribution in [3.8, 4) is 22.8 Å². The highest BCUT2D eigenvalue weighted by Crippen LogP contribution is 2.33. The van der Waals surface area contributed by atoms with Crippen molar-refractivity contribution in [1.29, 1.82) is 0 Å². The van der Waals surface area contributed by atoms with E-state index in [1.807, 2.05) is 12.1 Å². The van der Waals surface area contributed by atoms with E-state index in [0.717, 1.165) is 42.6 Å². The highest BCUT2D eigenvalue weighted by Gasteiger charge is 2.25. The number of hydrogen-bond acceptors (Lipinski definition) is 5. The van der Waals surface area contributed by atoms with Crippen LogP contribution in [0.2, 0.25) is 0 Å². The maximum absolute atomic E-state index is 11.3. The summed E-state index contributed by atoms with van der Waals surface area (Å²) in [6.45, 7) is 2.32. The standard InChI is InChI=1S/C27H31N3O3/c31-27(32)24-7-4-16-30(18-24)17-19-8-10-22(11-9-19)25-28-26(33-29-25)23-14-12-21(13-15-23)20-5-2-1-3-6-20/h8-15,20,24H,1-7,16-18H2,(H,31,32). The van der Waals surface area contributed by atoms with Crippen LogP contribution in [-0.4, -0.2) is 39.2 Å². The molecule has 5 rings (SSSR count). The number of carboxylic acids is 1. The molecule has 2 aromatic carbocycles. The molecule has 1 aliphatic carbocycles. The van der Waals surface area contributed by atoms with Crippen molar-refractivity contribution < 1.29 is 14.4 Å². The van der Waals surface area contributed by atoms with E-state index in [0.29, 0.717) is 24.2 Å². The van der Waals surface area contributed by atoms with E-state index >= 15 is 0 Å². The molecule has 1 saturated heterocycles. The molecule has 172 valence electrons. The molecular formula is C27H31N3O3. The fourth-order valence-electron chi connectivity index (χ4n) is 5.21. The van der Waals surface area contributed by atoms with Crippen molar-refractivity contribution in [3.63, 3.8) is 0 Å². The van der Waals surface area contributed by atoms with Crippen molar-refractivity contribution >= 4 is 5.97 Å². The minimum absolute atomic E-state index is 0.257. The Bertz CT molecular complexity index is 1070. The molecule has 3 aromatic rings. The van der Waals surface area contributed by atoms with Crippen molar-refractivity contribution in [2.24, 2.45) is 5.92 Å². The molecule has 1 aliphatic heterocycles. The van der Waals surface area contributed by atoms with Crippen molar-refractivity contribution in [1.82, 2.24) is 15.0 Å². The number of rotatable bonds is 6. The molecule has 0 spiro atoms. The average Bonchev–Trinajstić information content (AvgIpc) is 3.36. The van der Waals surface area contributed by atoms with Gasteiger partial charge < -0.3 is 9.63 Å². The Balaban J connectivity index is 1.23. The zero-order valence-electron chi connectivity index (χ0n) is 18.9. The number of hydrogen-bond donors (Lipinski definition) is 1. The van der Waals surface area contributed by atoms with Gasteiger partial charge in [0.25, 0.3) is 5.89 Å². The Hall–Kier alpha value is -2.99. The Kier molecular flexibility index (Phi) is 6.53. The molecule has 1 saturated carbocycles. The quantitative estimate of drug-likeness (QED) is 0.521. The third-order valence-electron chi connectivity index (χ3n) is 7.13. The summed E-state index contributed by atoms with van der Waals surface area (Å²) in [6.07, 6.45) is 8.31. The molecule has 0 amide bonds. The monoisotopic (exact) mass is 445 g/mol. The lowest BCUT2D eigenvalue weighted by Crippen LogP contribution is -2.38. The number of carboxylic acid groups (broad SMARTS) is 1. The van der Waals surface area contributed by atoms with E-state index in [4.69, 9.17) is 4.52 Å². The van der Waals surface area contributed by atoms with E-state index in [1.54, 1.807) is 0 Å². The number of likely N-dealkylation sites (tertiary alicyclic amines) is 1. The summed E-state index contributed by atoms with van der Waals surface area (Å²) in [5, 5.41) is 13.5. The zero-order valence-corrected chi connectivity index (χ0v) is 18.9. The third kappa shape index (κ3) is 5.17. The van der Waals surface area contributed by atoms with E-state index < -0.39 is 5.97 Å². The summed E-state index contributed by atoms with van der Waals surface area (Å²) in [4.78, 5) is 18.1. The van der Waals surface area contributed by atoms with Crippen molar-refractivity contribution in [2.45, 2.75) is 57.4 Å². The average molecular weight is 446 g/mol. The summed E-state index contributed by atoms with van der Waals surface area (Å²) >= 11 is 0. The third-order valence-corrected chi connectivity index (χ3v) is 7.13. The van der Waals surface area contributed by atoms with Crippen LogP contribution in [-0.2, 0) is 11.3 Å². The summed E-state index contributed by atoms with van der Waals surface area (Å²) in [5.41, 5.74) is 4.43. The van der Waals surface area contributed by atoms with Crippen molar-refractivity contribution in [2.75, 3.05) is 13.1 Å². The highest BCUT2D eigenvalue weighted by atomic mass is 16.5. The first-order chi connectivity index (χ1) is 16.2. The summed E-state index contributed by atoms with van der Waals surface area (Å²) in [6, 6.07) is 16.7. The molecule has 33 heavy (non-hydrogen) atoms. The molecule has 1 atom stereocenters. The lowest BCUT2D eigenvalue weighted by molar-refractivity contribution is -0.143. The molecule has 1 aromatic heterocycles. The van der Waals surface area contributed by atoms with Gasteiger partial charge in [-0.2, -0.15) is 4.98 Å². The van der Waals surface area contributed by atoms with Gasteiger partial charge in [0.2, 0.25) is 5.82 Å². The van der Waals surface area contributed by atoms with Crippen LogP contribution in [0.3, 0.4) is 0 Å². The first kappa shape index (κ1) is 21.8.